The fourth-order valence-electron chi connectivity index (χ4n) is 1.28. The van der Waals surface area contributed by atoms with Crippen LogP contribution in [0.15, 0.2) is 29.1 Å². The number of rotatable bonds is 2. The molecule has 0 N–H and O–H groups in total. The Balaban J connectivity index is 2.43. The highest BCUT2D eigenvalue weighted by Gasteiger charge is 2.14. The van der Waals surface area contributed by atoms with Gasteiger partial charge in [-0.25, -0.2) is 14.8 Å². The standard InChI is InChI=1S/C11H7BrClN3O2/c1-18-11(17)8-5-15-10(16-9(8)13)6-2-7(12)4-14-3-6/h2-5H,1H3. The number of hydrogen-bond acceptors (Lipinski definition) is 5. The summed E-state index contributed by atoms with van der Waals surface area (Å²) in [6, 6.07) is 1.80. The summed E-state index contributed by atoms with van der Waals surface area (Å²) in [5, 5.41) is 0.0480. The third-order valence-electron chi connectivity index (χ3n) is 2.11. The zero-order valence-corrected chi connectivity index (χ0v) is 11.6. The maximum absolute atomic E-state index is 11.3. The lowest BCUT2D eigenvalue weighted by molar-refractivity contribution is 0.0600. The van der Waals surface area contributed by atoms with E-state index in [1.54, 1.807) is 18.5 Å². The number of carbonyl (C=O) groups is 1. The Labute approximate surface area is 116 Å². The quantitative estimate of drug-likeness (QED) is 0.626. The summed E-state index contributed by atoms with van der Waals surface area (Å²) >= 11 is 9.21. The van der Waals surface area contributed by atoms with E-state index in [9.17, 15) is 4.79 Å². The second kappa shape index (κ2) is 5.41. The Morgan fingerprint density at radius 2 is 2.17 bits per heavy atom. The molecule has 0 atom stereocenters. The van der Waals surface area contributed by atoms with Gasteiger partial charge in [0.15, 0.2) is 5.82 Å². The van der Waals surface area contributed by atoms with Gasteiger partial charge in [0, 0.05) is 28.6 Å². The molecule has 0 aliphatic rings. The molecule has 0 aromatic carbocycles. The van der Waals surface area contributed by atoms with Crippen molar-refractivity contribution in [3.05, 3.63) is 39.8 Å². The van der Waals surface area contributed by atoms with E-state index in [1.165, 1.54) is 13.3 Å². The average Bonchev–Trinajstić information content (AvgIpc) is 2.37. The fourth-order valence-corrected chi connectivity index (χ4v) is 1.85. The smallest absolute Gasteiger partial charge is 0.342 e. The number of esters is 1. The summed E-state index contributed by atoms with van der Waals surface area (Å²) in [4.78, 5) is 23.4. The molecule has 2 heterocycles. The summed E-state index contributed by atoms with van der Waals surface area (Å²) in [7, 11) is 1.27. The summed E-state index contributed by atoms with van der Waals surface area (Å²) < 4.78 is 5.36. The lowest BCUT2D eigenvalue weighted by atomic mass is 10.2. The molecule has 0 aliphatic carbocycles. The van der Waals surface area contributed by atoms with E-state index < -0.39 is 5.97 Å². The van der Waals surface area contributed by atoms with Crippen molar-refractivity contribution in [3.8, 4) is 11.4 Å². The first-order chi connectivity index (χ1) is 8.61. The van der Waals surface area contributed by atoms with Crippen LogP contribution in [0.3, 0.4) is 0 Å². The molecule has 2 aromatic heterocycles. The van der Waals surface area contributed by atoms with Crippen molar-refractivity contribution in [1.29, 1.82) is 0 Å². The van der Waals surface area contributed by atoms with Crippen LogP contribution >= 0.6 is 27.5 Å². The molecular formula is C11H7BrClN3O2. The topological polar surface area (TPSA) is 65.0 Å². The van der Waals surface area contributed by atoms with E-state index in [-0.39, 0.29) is 10.7 Å². The monoisotopic (exact) mass is 327 g/mol. The number of halogens is 2. The molecular weight excluding hydrogens is 321 g/mol. The van der Waals surface area contributed by atoms with Gasteiger partial charge in [-0.05, 0) is 22.0 Å². The predicted molar refractivity (Wildman–Crippen MR) is 69.3 cm³/mol. The van der Waals surface area contributed by atoms with Crippen LogP contribution in [0.2, 0.25) is 5.15 Å². The van der Waals surface area contributed by atoms with Crippen LogP contribution in [0.5, 0.6) is 0 Å². The van der Waals surface area contributed by atoms with Crippen LogP contribution in [-0.2, 0) is 4.74 Å². The van der Waals surface area contributed by atoms with Gasteiger partial charge in [0.2, 0.25) is 0 Å². The minimum Gasteiger partial charge on any atom is -0.465 e. The molecule has 0 saturated heterocycles. The number of aromatic nitrogens is 3. The van der Waals surface area contributed by atoms with Gasteiger partial charge < -0.3 is 4.74 Å². The van der Waals surface area contributed by atoms with Crippen molar-refractivity contribution in [3.63, 3.8) is 0 Å². The van der Waals surface area contributed by atoms with Crippen molar-refractivity contribution >= 4 is 33.5 Å². The van der Waals surface area contributed by atoms with E-state index in [1.807, 2.05) is 0 Å². The third kappa shape index (κ3) is 2.65. The summed E-state index contributed by atoms with van der Waals surface area (Å²) in [5.41, 5.74) is 0.827. The highest BCUT2D eigenvalue weighted by atomic mass is 79.9. The molecule has 0 unspecified atom stereocenters. The van der Waals surface area contributed by atoms with Crippen LogP contribution in [-0.4, -0.2) is 28.0 Å². The minimum atomic E-state index is -0.570. The lowest BCUT2D eigenvalue weighted by Gasteiger charge is -2.04. The van der Waals surface area contributed by atoms with E-state index in [0.717, 1.165) is 4.47 Å². The summed E-state index contributed by atoms with van der Waals surface area (Å²) in [5.74, 6) is -0.180. The minimum absolute atomic E-state index is 0.0480. The Kier molecular flexibility index (Phi) is 3.88. The van der Waals surface area contributed by atoms with E-state index >= 15 is 0 Å². The summed E-state index contributed by atoms with van der Waals surface area (Å²) in [6.45, 7) is 0. The molecule has 0 radical (unpaired) electrons. The Hall–Kier alpha value is -1.53. The number of pyridine rings is 1. The zero-order valence-electron chi connectivity index (χ0n) is 9.22. The van der Waals surface area contributed by atoms with Crippen molar-refractivity contribution in [2.45, 2.75) is 0 Å². The average molecular weight is 329 g/mol. The maximum atomic E-state index is 11.3. The van der Waals surface area contributed by atoms with Crippen molar-refractivity contribution in [1.82, 2.24) is 15.0 Å². The Morgan fingerprint density at radius 3 is 2.78 bits per heavy atom. The summed E-state index contributed by atoms with van der Waals surface area (Å²) in [6.07, 6.45) is 4.58. The maximum Gasteiger partial charge on any atom is 0.342 e. The van der Waals surface area contributed by atoms with Crippen LogP contribution in [0.4, 0.5) is 0 Å². The van der Waals surface area contributed by atoms with Crippen molar-refractivity contribution in [2.75, 3.05) is 7.11 Å². The molecule has 0 aliphatic heterocycles. The Bertz CT molecular complexity index is 607. The van der Waals surface area contributed by atoms with Gasteiger partial charge in [-0.2, -0.15) is 0 Å². The first-order valence-corrected chi connectivity index (χ1v) is 6.00. The lowest BCUT2D eigenvalue weighted by Crippen LogP contribution is -2.05. The van der Waals surface area contributed by atoms with E-state index in [2.05, 4.69) is 35.6 Å². The molecule has 0 fully saturated rings. The molecule has 0 saturated carbocycles. The number of carbonyl (C=O) groups excluding carboxylic acids is 1. The molecule has 2 aromatic rings. The molecule has 92 valence electrons. The highest BCUT2D eigenvalue weighted by molar-refractivity contribution is 9.10. The SMILES string of the molecule is COC(=O)c1cnc(-c2cncc(Br)c2)nc1Cl. The van der Waals surface area contributed by atoms with Gasteiger partial charge in [-0.1, -0.05) is 11.6 Å². The van der Waals surface area contributed by atoms with Gasteiger partial charge in [-0.15, -0.1) is 0 Å². The van der Waals surface area contributed by atoms with Crippen LogP contribution in [0.25, 0.3) is 11.4 Å². The second-order valence-electron chi connectivity index (χ2n) is 3.28. The molecule has 7 heteroatoms. The van der Waals surface area contributed by atoms with E-state index in [4.69, 9.17) is 11.6 Å². The number of methoxy groups -OCH3 is 1. The van der Waals surface area contributed by atoms with Crippen molar-refractivity contribution in [2.24, 2.45) is 0 Å². The van der Waals surface area contributed by atoms with Crippen LogP contribution in [0, 0.1) is 0 Å². The van der Waals surface area contributed by atoms with E-state index in [0.29, 0.717) is 11.4 Å². The normalized spacial score (nSPS) is 10.2. The second-order valence-corrected chi connectivity index (χ2v) is 4.56. The van der Waals surface area contributed by atoms with Gasteiger partial charge in [0.05, 0.1) is 7.11 Å². The number of nitrogens with zero attached hydrogens (tertiary/aromatic N) is 3. The number of hydrogen-bond donors (Lipinski definition) is 0. The molecule has 0 amide bonds. The van der Waals surface area contributed by atoms with Gasteiger partial charge in [0.1, 0.15) is 10.7 Å². The predicted octanol–water partition coefficient (Wildman–Crippen LogP) is 2.74. The molecule has 0 spiro atoms. The van der Waals surface area contributed by atoms with Crippen molar-refractivity contribution < 1.29 is 9.53 Å². The molecule has 5 nitrogen and oxygen atoms in total. The van der Waals surface area contributed by atoms with Crippen LogP contribution < -0.4 is 0 Å². The molecule has 0 bridgehead atoms. The molecule has 18 heavy (non-hydrogen) atoms. The first-order valence-electron chi connectivity index (χ1n) is 4.83. The Morgan fingerprint density at radius 1 is 1.39 bits per heavy atom. The third-order valence-corrected chi connectivity index (χ3v) is 2.83. The highest BCUT2D eigenvalue weighted by Crippen LogP contribution is 2.21. The number of ether oxygens (including phenoxy) is 1. The molecule has 2 rings (SSSR count). The fraction of sp³-hybridized carbons (Fsp3) is 0.0909. The van der Waals surface area contributed by atoms with Gasteiger partial charge in [-0.3, -0.25) is 4.98 Å². The zero-order chi connectivity index (χ0) is 13.1. The largest absolute Gasteiger partial charge is 0.465 e. The van der Waals surface area contributed by atoms with Crippen LogP contribution in [0.1, 0.15) is 10.4 Å². The first kappa shape index (κ1) is 12.9. The van der Waals surface area contributed by atoms with Gasteiger partial charge in [0.25, 0.3) is 0 Å². The van der Waals surface area contributed by atoms with Gasteiger partial charge >= 0.3 is 5.97 Å².